The summed E-state index contributed by atoms with van der Waals surface area (Å²) in [6, 6.07) is 0. The molecule has 0 radical (unpaired) electrons. The van der Waals surface area contributed by atoms with Gasteiger partial charge in [-0.15, -0.1) is 0 Å². The van der Waals surface area contributed by atoms with E-state index in [0.29, 0.717) is 23.2 Å². The van der Waals surface area contributed by atoms with Crippen LogP contribution < -0.4 is 16.4 Å². The van der Waals surface area contributed by atoms with E-state index >= 15 is 0 Å². The predicted octanol–water partition coefficient (Wildman–Crippen LogP) is 0.286. The number of hydrogen-bond acceptors (Lipinski definition) is 7. The first-order valence-corrected chi connectivity index (χ1v) is 6.97. The number of carbonyl (C=O) groups is 1. The fraction of sp³-hybridized carbons (Fsp3) is 0.636. The van der Waals surface area contributed by atoms with E-state index in [9.17, 15) is 4.79 Å². The summed E-state index contributed by atoms with van der Waals surface area (Å²) in [5.74, 6) is -0.0236. The van der Waals surface area contributed by atoms with Gasteiger partial charge in [-0.05, 0) is 6.42 Å². The lowest BCUT2D eigenvalue weighted by Crippen LogP contribution is -2.27. The number of nitrogen functional groups attached to an aromatic ring is 1. The summed E-state index contributed by atoms with van der Waals surface area (Å²) in [7, 11) is 0. The first-order valence-electron chi connectivity index (χ1n) is 6.16. The number of anilines is 2. The zero-order chi connectivity index (χ0) is 14.1. The van der Waals surface area contributed by atoms with Gasteiger partial charge in [-0.2, -0.15) is 0 Å². The fourth-order valence-corrected chi connectivity index (χ4v) is 2.11. The molecule has 1 aromatic heterocycles. The Kier molecular flexibility index (Phi) is 7.16. The molecule has 0 aromatic carbocycles. The number of rotatable bonds is 9. The zero-order valence-electron chi connectivity index (χ0n) is 10.9. The van der Waals surface area contributed by atoms with Gasteiger partial charge in [0.2, 0.25) is 0 Å². The van der Waals surface area contributed by atoms with Gasteiger partial charge < -0.3 is 26.2 Å². The number of nitrogens with one attached hydrogen (secondary N) is 2. The number of aliphatic hydroxyl groups is 1. The van der Waals surface area contributed by atoms with E-state index in [4.69, 9.17) is 15.6 Å². The summed E-state index contributed by atoms with van der Waals surface area (Å²) in [6.07, 6.45) is 0.975. The summed E-state index contributed by atoms with van der Waals surface area (Å²) in [5, 5.41) is 14.9. The van der Waals surface area contributed by atoms with Crippen molar-refractivity contribution in [3.8, 4) is 0 Å². The summed E-state index contributed by atoms with van der Waals surface area (Å²) >= 11 is 1.24. The molecular weight excluding hydrogens is 268 g/mol. The Morgan fingerprint density at radius 2 is 2.26 bits per heavy atom. The molecule has 8 heteroatoms. The third-order valence-electron chi connectivity index (χ3n) is 2.15. The van der Waals surface area contributed by atoms with Crippen molar-refractivity contribution in [2.45, 2.75) is 13.3 Å². The van der Waals surface area contributed by atoms with Crippen molar-refractivity contribution in [3.05, 3.63) is 4.88 Å². The van der Waals surface area contributed by atoms with Crippen molar-refractivity contribution in [2.75, 3.05) is 44.0 Å². The standard InChI is InChI=1S/C11H20N4O3S/c1-2-3-14-11-15-9(12)8(19-11)10(17)13-4-6-18-7-5-16/h16H,2-7,12H2,1H3,(H,13,17)(H,14,15). The van der Waals surface area contributed by atoms with Crippen LogP contribution in [0.2, 0.25) is 0 Å². The molecule has 1 aromatic rings. The van der Waals surface area contributed by atoms with Gasteiger partial charge in [0.25, 0.3) is 5.91 Å². The van der Waals surface area contributed by atoms with Crippen LogP contribution in [0.25, 0.3) is 0 Å². The SMILES string of the molecule is CCCNc1nc(N)c(C(=O)NCCOCCO)s1. The Morgan fingerprint density at radius 1 is 1.47 bits per heavy atom. The molecule has 0 saturated heterocycles. The number of aliphatic hydroxyl groups excluding tert-OH is 1. The molecule has 0 fully saturated rings. The van der Waals surface area contributed by atoms with E-state index in [-0.39, 0.29) is 24.9 Å². The van der Waals surface area contributed by atoms with E-state index in [0.717, 1.165) is 13.0 Å². The number of amides is 1. The van der Waals surface area contributed by atoms with Gasteiger partial charge in [-0.25, -0.2) is 4.98 Å². The van der Waals surface area contributed by atoms with Gasteiger partial charge in [0.05, 0.1) is 19.8 Å². The Hall–Kier alpha value is -1.38. The molecule has 0 saturated carbocycles. The fourth-order valence-electron chi connectivity index (χ4n) is 1.29. The molecule has 19 heavy (non-hydrogen) atoms. The third-order valence-corrected chi connectivity index (χ3v) is 3.18. The molecule has 0 atom stereocenters. The molecule has 1 heterocycles. The molecule has 1 amide bonds. The first-order chi connectivity index (χ1) is 9.19. The van der Waals surface area contributed by atoms with Gasteiger partial charge >= 0.3 is 0 Å². The average Bonchev–Trinajstić information content (AvgIpc) is 2.77. The van der Waals surface area contributed by atoms with Gasteiger partial charge in [0.15, 0.2) is 5.13 Å². The molecule has 0 unspecified atom stereocenters. The average molecular weight is 288 g/mol. The van der Waals surface area contributed by atoms with E-state index in [1.54, 1.807) is 0 Å². The van der Waals surface area contributed by atoms with Crippen molar-refractivity contribution < 1.29 is 14.6 Å². The monoisotopic (exact) mass is 288 g/mol. The first kappa shape index (κ1) is 15.7. The highest BCUT2D eigenvalue weighted by Gasteiger charge is 2.15. The van der Waals surface area contributed by atoms with Gasteiger partial charge in [0.1, 0.15) is 10.7 Å². The molecule has 0 bridgehead atoms. The predicted molar refractivity (Wildman–Crippen MR) is 75.5 cm³/mol. The maximum absolute atomic E-state index is 11.8. The normalized spacial score (nSPS) is 10.4. The minimum atomic E-state index is -0.257. The minimum Gasteiger partial charge on any atom is -0.394 e. The molecule has 1 rings (SSSR count). The summed E-state index contributed by atoms with van der Waals surface area (Å²) < 4.78 is 5.04. The second kappa shape index (κ2) is 8.68. The van der Waals surface area contributed by atoms with E-state index in [2.05, 4.69) is 15.6 Å². The van der Waals surface area contributed by atoms with Crippen molar-refractivity contribution in [2.24, 2.45) is 0 Å². The van der Waals surface area contributed by atoms with Crippen LogP contribution in [0.3, 0.4) is 0 Å². The van der Waals surface area contributed by atoms with Crippen molar-refractivity contribution in [1.82, 2.24) is 10.3 Å². The number of aromatic nitrogens is 1. The largest absolute Gasteiger partial charge is 0.394 e. The van der Waals surface area contributed by atoms with Crippen LogP contribution in [0.15, 0.2) is 0 Å². The van der Waals surface area contributed by atoms with Crippen LogP contribution in [0, 0.1) is 0 Å². The van der Waals surface area contributed by atoms with Gasteiger partial charge in [-0.3, -0.25) is 4.79 Å². The lowest BCUT2D eigenvalue weighted by atomic mass is 10.4. The molecule has 108 valence electrons. The number of carbonyl (C=O) groups excluding carboxylic acids is 1. The smallest absolute Gasteiger partial charge is 0.265 e. The minimum absolute atomic E-state index is 0.0256. The molecule has 0 aliphatic rings. The van der Waals surface area contributed by atoms with Crippen molar-refractivity contribution in [3.63, 3.8) is 0 Å². The van der Waals surface area contributed by atoms with Crippen LogP contribution >= 0.6 is 11.3 Å². The summed E-state index contributed by atoms with van der Waals surface area (Å²) in [4.78, 5) is 16.3. The maximum atomic E-state index is 11.8. The van der Waals surface area contributed by atoms with Crippen LogP contribution in [-0.4, -0.2) is 48.9 Å². The summed E-state index contributed by atoms with van der Waals surface area (Å²) in [6.45, 7) is 3.80. The Labute approximate surface area is 116 Å². The molecule has 7 nitrogen and oxygen atoms in total. The van der Waals surface area contributed by atoms with Crippen LogP contribution in [-0.2, 0) is 4.74 Å². The van der Waals surface area contributed by atoms with Crippen LogP contribution in [0.5, 0.6) is 0 Å². The van der Waals surface area contributed by atoms with Gasteiger partial charge in [-0.1, -0.05) is 18.3 Å². The Morgan fingerprint density at radius 3 is 2.95 bits per heavy atom. The molecular formula is C11H20N4O3S. The quantitative estimate of drug-likeness (QED) is 0.486. The van der Waals surface area contributed by atoms with E-state index in [1.807, 2.05) is 6.92 Å². The molecule has 5 N–H and O–H groups in total. The molecule has 0 aliphatic heterocycles. The van der Waals surface area contributed by atoms with Gasteiger partial charge in [0, 0.05) is 13.1 Å². The Bertz CT molecular complexity index is 397. The van der Waals surface area contributed by atoms with E-state index < -0.39 is 0 Å². The highest BCUT2D eigenvalue weighted by atomic mass is 32.1. The van der Waals surface area contributed by atoms with E-state index in [1.165, 1.54) is 11.3 Å². The third kappa shape index (κ3) is 5.41. The number of hydrogen-bond donors (Lipinski definition) is 4. The highest BCUT2D eigenvalue weighted by molar-refractivity contribution is 7.18. The van der Waals surface area contributed by atoms with Crippen LogP contribution in [0.1, 0.15) is 23.0 Å². The zero-order valence-corrected chi connectivity index (χ0v) is 11.8. The lowest BCUT2D eigenvalue weighted by Gasteiger charge is -2.04. The molecule has 0 aliphatic carbocycles. The van der Waals surface area contributed by atoms with Crippen molar-refractivity contribution >= 4 is 28.2 Å². The summed E-state index contributed by atoms with van der Waals surface area (Å²) in [5.41, 5.74) is 5.70. The van der Waals surface area contributed by atoms with Crippen LogP contribution in [0.4, 0.5) is 10.9 Å². The number of thiazole rings is 1. The molecule has 0 spiro atoms. The second-order valence-corrected chi connectivity index (χ2v) is 4.75. The maximum Gasteiger partial charge on any atom is 0.265 e. The second-order valence-electron chi connectivity index (χ2n) is 3.75. The highest BCUT2D eigenvalue weighted by Crippen LogP contribution is 2.24. The lowest BCUT2D eigenvalue weighted by molar-refractivity contribution is 0.0841. The van der Waals surface area contributed by atoms with Crippen molar-refractivity contribution in [1.29, 1.82) is 0 Å². The number of ether oxygens (including phenoxy) is 1. The Balaban J connectivity index is 2.41. The number of nitrogens with zero attached hydrogens (tertiary/aromatic N) is 1. The topological polar surface area (TPSA) is 110 Å². The number of nitrogens with two attached hydrogens (primary N) is 1.